The Morgan fingerprint density at radius 2 is 1.80 bits per heavy atom. The molecule has 0 aliphatic carbocycles. The first-order chi connectivity index (χ1) is 14.6. The Morgan fingerprint density at radius 3 is 2.40 bits per heavy atom. The first kappa shape index (κ1) is 19.9. The Morgan fingerprint density at radius 1 is 1.03 bits per heavy atom. The molecule has 154 valence electrons. The number of nitrogens with zero attached hydrogens (tertiary/aromatic N) is 3. The molecule has 0 atom stereocenters. The normalized spacial score (nSPS) is 13.8. The van der Waals surface area contributed by atoms with Crippen LogP contribution in [0.25, 0.3) is 0 Å². The predicted molar refractivity (Wildman–Crippen MR) is 118 cm³/mol. The average molecular weight is 423 g/mol. The van der Waals surface area contributed by atoms with Crippen molar-refractivity contribution in [1.82, 2.24) is 9.88 Å². The Bertz CT molecular complexity index is 996. The van der Waals surface area contributed by atoms with Crippen LogP contribution in [-0.4, -0.2) is 55.0 Å². The van der Waals surface area contributed by atoms with Crippen LogP contribution >= 0.6 is 11.3 Å². The third-order valence-electron chi connectivity index (χ3n) is 4.98. The van der Waals surface area contributed by atoms with Gasteiger partial charge in [-0.1, -0.05) is 6.07 Å². The van der Waals surface area contributed by atoms with Crippen molar-refractivity contribution in [3.63, 3.8) is 0 Å². The Kier molecular flexibility index (Phi) is 5.94. The van der Waals surface area contributed by atoms with Crippen molar-refractivity contribution >= 4 is 34.7 Å². The van der Waals surface area contributed by atoms with Gasteiger partial charge in [-0.3, -0.25) is 9.59 Å². The van der Waals surface area contributed by atoms with Crippen molar-refractivity contribution in [2.45, 2.75) is 0 Å². The fraction of sp³-hybridized carbons (Fsp3) is 0.227. The van der Waals surface area contributed by atoms with Gasteiger partial charge in [0.2, 0.25) is 0 Å². The maximum atomic E-state index is 12.7. The summed E-state index contributed by atoms with van der Waals surface area (Å²) in [6.07, 6.45) is 1.66. The van der Waals surface area contributed by atoms with Gasteiger partial charge in [-0.15, -0.1) is 11.3 Å². The number of carbonyl (C=O) groups excluding carboxylic acids is 2. The van der Waals surface area contributed by atoms with Crippen LogP contribution in [0.5, 0.6) is 5.75 Å². The highest BCUT2D eigenvalue weighted by Gasteiger charge is 2.23. The minimum atomic E-state index is -0.134. The molecule has 1 N–H and O–H groups in total. The molecule has 0 bridgehead atoms. The summed E-state index contributed by atoms with van der Waals surface area (Å²) in [5.41, 5.74) is 1.32. The lowest BCUT2D eigenvalue weighted by Crippen LogP contribution is -2.49. The summed E-state index contributed by atoms with van der Waals surface area (Å²) in [5.74, 6) is 1.46. The van der Waals surface area contributed by atoms with E-state index in [0.717, 1.165) is 11.6 Å². The Labute approximate surface area is 178 Å². The van der Waals surface area contributed by atoms with Gasteiger partial charge in [0.25, 0.3) is 11.8 Å². The molecule has 1 aliphatic heterocycles. The van der Waals surface area contributed by atoms with Crippen LogP contribution in [0.3, 0.4) is 0 Å². The van der Waals surface area contributed by atoms with E-state index >= 15 is 0 Å². The smallest absolute Gasteiger partial charge is 0.265 e. The fourth-order valence-corrected chi connectivity index (χ4v) is 3.92. The van der Waals surface area contributed by atoms with E-state index in [4.69, 9.17) is 4.74 Å². The van der Waals surface area contributed by atoms with Gasteiger partial charge < -0.3 is 19.9 Å². The van der Waals surface area contributed by atoms with E-state index in [2.05, 4.69) is 15.2 Å². The van der Waals surface area contributed by atoms with Crippen molar-refractivity contribution < 1.29 is 14.3 Å². The largest absolute Gasteiger partial charge is 0.497 e. The number of piperazine rings is 1. The van der Waals surface area contributed by atoms with Crippen molar-refractivity contribution in [2.24, 2.45) is 0 Å². The minimum Gasteiger partial charge on any atom is -0.497 e. The fourth-order valence-electron chi connectivity index (χ4n) is 3.30. The molecule has 8 heteroatoms. The first-order valence-electron chi connectivity index (χ1n) is 9.63. The standard InChI is InChI=1S/C22H22N4O3S/c1-29-18-7-4-16(5-8-18)22(28)26-12-10-25(11-13-26)20-9-6-17(15-23-20)24-21(27)19-3-2-14-30-19/h2-9,14-15H,10-13H2,1H3,(H,24,27). The number of aromatic nitrogens is 1. The summed E-state index contributed by atoms with van der Waals surface area (Å²) in [5, 5.41) is 4.72. The number of ether oxygens (including phenoxy) is 1. The number of methoxy groups -OCH3 is 1. The zero-order valence-electron chi connectivity index (χ0n) is 16.6. The molecular weight excluding hydrogens is 400 g/mol. The number of rotatable bonds is 5. The third kappa shape index (κ3) is 4.44. The van der Waals surface area contributed by atoms with Crippen LogP contribution in [0.15, 0.2) is 60.1 Å². The number of thiophene rings is 1. The van der Waals surface area contributed by atoms with E-state index < -0.39 is 0 Å². The Balaban J connectivity index is 1.32. The molecule has 0 unspecified atom stereocenters. The highest BCUT2D eigenvalue weighted by atomic mass is 32.1. The average Bonchev–Trinajstić information content (AvgIpc) is 3.35. The predicted octanol–water partition coefficient (Wildman–Crippen LogP) is 3.37. The highest BCUT2D eigenvalue weighted by Crippen LogP contribution is 2.19. The van der Waals surface area contributed by atoms with Gasteiger partial charge in [0.15, 0.2) is 0 Å². The number of benzene rings is 1. The summed E-state index contributed by atoms with van der Waals surface area (Å²) < 4.78 is 5.14. The van der Waals surface area contributed by atoms with Gasteiger partial charge in [0.05, 0.1) is 23.9 Å². The molecule has 2 aromatic heterocycles. The van der Waals surface area contributed by atoms with Crippen LogP contribution in [0, 0.1) is 0 Å². The zero-order valence-corrected chi connectivity index (χ0v) is 17.4. The molecule has 1 fully saturated rings. The number of carbonyl (C=O) groups is 2. The summed E-state index contributed by atoms with van der Waals surface area (Å²) in [7, 11) is 1.61. The van der Waals surface area contributed by atoms with Gasteiger partial charge in [-0.25, -0.2) is 4.98 Å². The molecule has 0 saturated carbocycles. The summed E-state index contributed by atoms with van der Waals surface area (Å²) in [6, 6.07) is 14.6. The van der Waals surface area contributed by atoms with Crippen molar-refractivity contribution in [3.05, 3.63) is 70.5 Å². The molecule has 3 aromatic rings. The van der Waals surface area contributed by atoms with E-state index in [1.54, 1.807) is 43.6 Å². The molecule has 2 amide bonds. The molecule has 4 rings (SSSR count). The van der Waals surface area contributed by atoms with Crippen molar-refractivity contribution in [3.8, 4) is 5.75 Å². The maximum absolute atomic E-state index is 12.7. The zero-order chi connectivity index (χ0) is 20.9. The highest BCUT2D eigenvalue weighted by molar-refractivity contribution is 7.12. The quantitative estimate of drug-likeness (QED) is 0.682. The lowest BCUT2D eigenvalue weighted by Gasteiger charge is -2.35. The lowest BCUT2D eigenvalue weighted by atomic mass is 10.1. The van der Waals surface area contributed by atoms with Gasteiger partial charge in [0.1, 0.15) is 11.6 Å². The number of nitrogens with one attached hydrogen (secondary N) is 1. The third-order valence-corrected chi connectivity index (χ3v) is 5.85. The van der Waals surface area contributed by atoms with Crippen molar-refractivity contribution in [1.29, 1.82) is 0 Å². The van der Waals surface area contributed by atoms with Crippen LogP contribution in [0.2, 0.25) is 0 Å². The number of hydrogen-bond donors (Lipinski definition) is 1. The minimum absolute atomic E-state index is 0.0249. The molecule has 1 aromatic carbocycles. The Hall–Kier alpha value is -3.39. The molecule has 3 heterocycles. The number of pyridine rings is 1. The van der Waals surface area contributed by atoms with Gasteiger partial charge in [0, 0.05) is 31.7 Å². The van der Waals surface area contributed by atoms with Crippen molar-refractivity contribution in [2.75, 3.05) is 43.5 Å². The van der Waals surface area contributed by atoms with E-state index in [0.29, 0.717) is 42.3 Å². The monoisotopic (exact) mass is 422 g/mol. The van der Waals surface area contributed by atoms with E-state index in [-0.39, 0.29) is 11.8 Å². The lowest BCUT2D eigenvalue weighted by molar-refractivity contribution is 0.0746. The maximum Gasteiger partial charge on any atom is 0.265 e. The molecule has 1 saturated heterocycles. The SMILES string of the molecule is COc1ccc(C(=O)N2CCN(c3ccc(NC(=O)c4cccs4)cn3)CC2)cc1. The second-order valence-corrected chi connectivity index (χ2v) is 7.79. The van der Waals surface area contributed by atoms with Crippen LogP contribution in [0.1, 0.15) is 20.0 Å². The number of hydrogen-bond acceptors (Lipinski definition) is 6. The number of amides is 2. The van der Waals surface area contributed by atoms with Gasteiger partial charge in [-0.05, 0) is 47.8 Å². The molecule has 30 heavy (non-hydrogen) atoms. The van der Waals surface area contributed by atoms with Crippen LogP contribution in [-0.2, 0) is 0 Å². The van der Waals surface area contributed by atoms with E-state index in [1.807, 2.05) is 28.5 Å². The molecule has 0 radical (unpaired) electrons. The topological polar surface area (TPSA) is 74.8 Å². The second kappa shape index (κ2) is 8.96. The second-order valence-electron chi connectivity index (χ2n) is 6.84. The summed E-state index contributed by atoms with van der Waals surface area (Å²) >= 11 is 1.40. The van der Waals surface area contributed by atoms with Gasteiger partial charge >= 0.3 is 0 Å². The molecule has 7 nitrogen and oxygen atoms in total. The molecule has 1 aliphatic rings. The summed E-state index contributed by atoms with van der Waals surface area (Å²) in [4.78, 5) is 34.0. The molecular formula is C22H22N4O3S. The van der Waals surface area contributed by atoms with E-state index in [9.17, 15) is 9.59 Å². The van der Waals surface area contributed by atoms with Gasteiger partial charge in [-0.2, -0.15) is 0 Å². The summed E-state index contributed by atoms with van der Waals surface area (Å²) in [6.45, 7) is 2.67. The van der Waals surface area contributed by atoms with Crippen LogP contribution in [0.4, 0.5) is 11.5 Å². The first-order valence-corrected chi connectivity index (χ1v) is 10.5. The number of anilines is 2. The van der Waals surface area contributed by atoms with E-state index in [1.165, 1.54) is 11.3 Å². The van der Waals surface area contributed by atoms with Crippen LogP contribution < -0.4 is 15.0 Å². The molecule has 0 spiro atoms.